The summed E-state index contributed by atoms with van der Waals surface area (Å²) in [5.74, 6) is 0.0921. The summed E-state index contributed by atoms with van der Waals surface area (Å²) in [6.07, 6.45) is 0.438. The number of hydrogen-bond acceptors (Lipinski definition) is 3. The molecule has 2 aliphatic heterocycles. The van der Waals surface area contributed by atoms with Gasteiger partial charge in [-0.3, -0.25) is 4.79 Å². The maximum Gasteiger partial charge on any atom is 0.317 e. The Morgan fingerprint density at radius 3 is 2.83 bits per heavy atom. The zero-order valence-electron chi connectivity index (χ0n) is 13.4. The molecule has 124 valence electrons. The molecule has 1 aromatic rings. The van der Waals surface area contributed by atoms with Crippen molar-refractivity contribution in [3.63, 3.8) is 0 Å². The van der Waals surface area contributed by atoms with Gasteiger partial charge in [0.15, 0.2) is 0 Å². The van der Waals surface area contributed by atoms with Gasteiger partial charge in [0.05, 0.1) is 18.8 Å². The maximum absolute atomic E-state index is 12.3. The Morgan fingerprint density at radius 2 is 2.09 bits per heavy atom. The first kappa shape index (κ1) is 15.8. The van der Waals surface area contributed by atoms with Gasteiger partial charge in [0.25, 0.3) is 0 Å². The molecule has 0 radical (unpaired) electrons. The van der Waals surface area contributed by atoms with Crippen LogP contribution in [-0.2, 0) is 16.1 Å². The van der Waals surface area contributed by atoms with Gasteiger partial charge in [0.2, 0.25) is 5.91 Å². The fraction of sp³-hybridized carbons (Fsp3) is 0.529. The highest BCUT2D eigenvalue weighted by Gasteiger charge is 2.32. The van der Waals surface area contributed by atoms with Gasteiger partial charge in [-0.2, -0.15) is 0 Å². The van der Waals surface area contributed by atoms with Crippen molar-refractivity contribution in [2.75, 3.05) is 26.2 Å². The number of amides is 3. The third-order valence-corrected chi connectivity index (χ3v) is 4.29. The summed E-state index contributed by atoms with van der Waals surface area (Å²) in [5.41, 5.74) is 1.11. The van der Waals surface area contributed by atoms with E-state index in [4.69, 9.17) is 4.74 Å². The third kappa shape index (κ3) is 4.01. The molecule has 0 aromatic heterocycles. The number of carbonyl (C=O) groups is 2. The molecule has 2 fully saturated rings. The van der Waals surface area contributed by atoms with Crippen LogP contribution in [-0.4, -0.2) is 60.1 Å². The molecule has 2 aliphatic rings. The van der Waals surface area contributed by atoms with Crippen molar-refractivity contribution in [3.05, 3.63) is 35.9 Å². The summed E-state index contributed by atoms with van der Waals surface area (Å²) in [5, 5.41) is 2.98. The molecule has 2 saturated heterocycles. The number of nitrogens with one attached hydrogen (secondary N) is 1. The first-order valence-corrected chi connectivity index (χ1v) is 8.10. The summed E-state index contributed by atoms with van der Waals surface area (Å²) >= 11 is 0. The molecule has 0 unspecified atom stereocenters. The molecule has 2 heterocycles. The Balaban J connectivity index is 1.52. The number of morpholine rings is 1. The largest absolute Gasteiger partial charge is 0.375 e. The first-order valence-electron chi connectivity index (χ1n) is 8.10. The van der Waals surface area contributed by atoms with Crippen molar-refractivity contribution in [1.29, 1.82) is 0 Å². The predicted octanol–water partition coefficient (Wildman–Crippen LogP) is 1.22. The minimum absolute atomic E-state index is 0.0642. The summed E-state index contributed by atoms with van der Waals surface area (Å²) in [6, 6.07) is 9.70. The van der Waals surface area contributed by atoms with Crippen LogP contribution in [0.15, 0.2) is 30.3 Å². The number of hydrogen-bond donors (Lipinski definition) is 1. The van der Waals surface area contributed by atoms with Crippen molar-refractivity contribution in [2.45, 2.75) is 32.0 Å². The molecular formula is C17H23N3O3. The Bertz CT molecular complexity index is 563. The van der Waals surface area contributed by atoms with E-state index in [-0.39, 0.29) is 24.1 Å². The monoisotopic (exact) mass is 317 g/mol. The van der Waals surface area contributed by atoms with E-state index in [1.165, 1.54) is 0 Å². The molecule has 3 amide bonds. The van der Waals surface area contributed by atoms with Crippen LogP contribution in [0.3, 0.4) is 0 Å². The van der Waals surface area contributed by atoms with Gasteiger partial charge < -0.3 is 19.9 Å². The average molecular weight is 317 g/mol. The zero-order valence-corrected chi connectivity index (χ0v) is 13.4. The molecule has 2 atom stereocenters. The number of likely N-dealkylation sites (tertiary alicyclic amines) is 1. The number of rotatable bonds is 3. The van der Waals surface area contributed by atoms with Crippen molar-refractivity contribution >= 4 is 11.9 Å². The zero-order chi connectivity index (χ0) is 16.2. The van der Waals surface area contributed by atoms with Gasteiger partial charge in [-0.15, -0.1) is 0 Å². The van der Waals surface area contributed by atoms with E-state index < -0.39 is 0 Å². The van der Waals surface area contributed by atoms with E-state index in [1.807, 2.05) is 42.2 Å². The number of benzene rings is 1. The van der Waals surface area contributed by atoms with E-state index in [0.29, 0.717) is 39.2 Å². The van der Waals surface area contributed by atoms with Crippen molar-refractivity contribution in [1.82, 2.24) is 15.1 Å². The second-order valence-corrected chi connectivity index (χ2v) is 6.24. The fourth-order valence-electron chi connectivity index (χ4n) is 3.09. The van der Waals surface area contributed by atoms with Crippen LogP contribution in [0, 0.1) is 0 Å². The van der Waals surface area contributed by atoms with E-state index >= 15 is 0 Å². The van der Waals surface area contributed by atoms with Crippen LogP contribution in [0.5, 0.6) is 0 Å². The highest BCUT2D eigenvalue weighted by molar-refractivity contribution is 5.81. The fourth-order valence-corrected chi connectivity index (χ4v) is 3.09. The standard InChI is InChI=1S/C17H23N3O3/c1-13-10-19(7-8-23-13)17(22)18-15-9-16(21)20(12-15)11-14-5-3-2-4-6-14/h2-6,13,15H,7-12H2,1H3,(H,18,22)/t13-,15-/m1/s1. The Labute approximate surface area is 136 Å². The van der Waals surface area contributed by atoms with Crippen LogP contribution >= 0.6 is 0 Å². The highest BCUT2D eigenvalue weighted by atomic mass is 16.5. The molecule has 6 nitrogen and oxygen atoms in total. The molecular weight excluding hydrogens is 294 g/mol. The van der Waals surface area contributed by atoms with Crippen LogP contribution in [0.25, 0.3) is 0 Å². The van der Waals surface area contributed by atoms with Crippen molar-refractivity contribution in [2.24, 2.45) is 0 Å². The Kier molecular flexibility index (Phi) is 4.81. The Morgan fingerprint density at radius 1 is 1.30 bits per heavy atom. The smallest absolute Gasteiger partial charge is 0.317 e. The van der Waals surface area contributed by atoms with E-state index in [2.05, 4.69) is 5.32 Å². The molecule has 0 aliphatic carbocycles. The molecule has 0 spiro atoms. The lowest BCUT2D eigenvalue weighted by Crippen LogP contribution is -2.51. The second kappa shape index (κ2) is 7.00. The molecule has 3 rings (SSSR count). The van der Waals surface area contributed by atoms with Crippen molar-refractivity contribution < 1.29 is 14.3 Å². The van der Waals surface area contributed by atoms with Gasteiger partial charge in [0.1, 0.15) is 0 Å². The maximum atomic E-state index is 12.3. The minimum atomic E-state index is -0.114. The lowest BCUT2D eigenvalue weighted by Gasteiger charge is -2.32. The number of nitrogens with zero attached hydrogens (tertiary/aromatic N) is 2. The van der Waals surface area contributed by atoms with Gasteiger partial charge in [0, 0.05) is 32.6 Å². The molecule has 1 aromatic carbocycles. The third-order valence-electron chi connectivity index (χ3n) is 4.29. The quantitative estimate of drug-likeness (QED) is 0.912. The van der Waals surface area contributed by atoms with Crippen LogP contribution in [0.1, 0.15) is 18.9 Å². The van der Waals surface area contributed by atoms with Gasteiger partial charge in [-0.25, -0.2) is 4.79 Å². The lowest BCUT2D eigenvalue weighted by atomic mass is 10.2. The van der Waals surface area contributed by atoms with Crippen LogP contribution in [0.4, 0.5) is 4.79 Å². The molecule has 0 bridgehead atoms. The highest BCUT2D eigenvalue weighted by Crippen LogP contribution is 2.15. The van der Waals surface area contributed by atoms with Crippen molar-refractivity contribution in [3.8, 4) is 0 Å². The number of ether oxygens (including phenoxy) is 1. The van der Waals surface area contributed by atoms with E-state index in [9.17, 15) is 9.59 Å². The lowest BCUT2D eigenvalue weighted by molar-refractivity contribution is -0.128. The minimum Gasteiger partial charge on any atom is -0.375 e. The molecule has 1 N–H and O–H groups in total. The molecule has 0 saturated carbocycles. The SMILES string of the molecule is C[C@@H]1CN(C(=O)N[C@@H]2CC(=O)N(Cc3ccccc3)C2)CCO1. The topological polar surface area (TPSA) is 61.9 Å². The van der Waals surface area contributed by atoms with Gasteiger partial charge >= 0.3 is 6.03 Å². The van der Waals surface area contributed by atoms with E-state index in [1.54, 1.807) is 4.90 Å². The number of urea groups is 1. The summed E-state index contributed by atoms with van der Waals surface area (Å²) < 4.78 is 5.44. The summed E-state index contributed by atoms with van der Waals surface area (Å²) in [7, 11) is 0. The predicted molar refractivity (Wildman–Crippen MR) is 85.8 cm³/mol. The van der Waals surface area contributed by atoms with Gasteiger partial charge in [-0.05, 0) is 12.5 Å². The molecule has 23 heavy (non-hydrogen) atoms. The van der Waals surface area contributed by atoms with Crippen LogP contribution in [0.2, 0.25) is 0 Å². The number of carbonyl (C=O) groups excluding carboxylic acids is 2. The first-order chi connectivity index (χ1) is 11.1. The molecule has 6 heteroatoms. The second-order valence-electron chi connectivity index (χ2n) is 6.24. The van der Waals surface area contributed by atoms with Crippen LogP contribution < -0.4 is 5.32 Å². The Hall–Kier alpha value is -2.08. The van der Waals surface area contributed by atoms with E-state index in [0.717, 1.165) is 5.56 Å². The average Bonchev–Trinajstić information content (AvgIpc) is 2.88. The summed E-state index contributed by atoms with van der Waals surface area (Å²) in [4.78, 5) is 28.0. The normalized spacial score (nSPS) is 24.8. The van der Waals surface area contributed by atoms with Gasteiger partial charge in [-0.1, -0.05) is 30.3 Å². The summed E-state index contributed by atoms with van der Waals surface area (Å²) in [6.45, 7) is 4.89.